The molecule has 0 saturated carbocycles. The van der Waals surface area contributed by atoms with E-state index < -0.39 is 17.7 Å². The number of carbonyl (C=O) groups is 2. The van der Waals surface area contributed by atoms with E-state index in [1.165, 1.54) is 12.1 Å². The van der Waals surface area contributed by atoms with Crippen molar-refractivity contribution in [3.05, 3.63) is 59.7 Å². The molecule has 0 spiro atoms. The van der Waals surface area contributed by atoms with Crippen LogP contribution in [0.2, 0.25) is 0 Å². The Kier molecular flexibility index (Phi) is 4.71. The van der Waals surface area contributed by atoms with E-state index in [0.717, 1.165) is 23.4 Å². The Balaban J connectivity index is 1.68. The maximum atomic E-state index is 12.6. The molecule has 0 aliphatic carbocycles. The summed E-state index contributed by atoms with van der Waals surface area (Å²) in [6, 6.07) is 11.6. The first-order valence-corrected chi connectivity index (χ1v) is 8.10. The molecule has 7 heteroatoms. The Bertz CT molecular complexity index is 831. The number of hydrogen-bond acceptors (Lipinski definition) is 2. The summed E-state index contributed by atoms with van der Waals surface area (Å²) < 4.78 is 37.7. The molecule has 1 heterocycles. The predicted octanol–water partition coefficient (Wildman–Crippen LogP) is 4.01. The summed E-state index contributed by atoms with van der Waals surface area (Å²) in [7, 11) is 0. The van der Waals surface area contributed by atoms with Gasteiger partial charge >= 0.3 is 6.18 Å². The zero-order valence-electron chi connectivity index (χ0n) is 14.0. The first-order valence-electron chi connectivity index (χ1n) is 8.10. The van der Waals surface area contributed by atoms with E-state index in [9.17, 15) is 22.8 Å². The zero-order chi connectivity index (χ0) is 18.9. The lowest BCUT2D eigenvalue weighted by molar-refractivity contribution is -0.137. The van der Waals surface area contributed by atoms with Crippen LogP contribution in [0.5, 0.6) is 0 Å². The molecule has 1 aliphatic rings. The van der Waals surface area contributed by atoms with Crippen LogP contribution in [0.3, 0.4) is 0 Å². The van der Waals surface area contributed by atoms with Crippen LogP contribution in [0.4, 0.5) is 24.5 Å². The molecule has 0 bridgehead atoms. The molecule has 1 aliphatic heterocycles. The number of nitrogens with zero attached hydrogens (tertiary/aromatic N) is 1. The number of carbonyl (C=O) groups excluding carboxylic acids is 2. The van der Waals surface area contributed by atoms with Gasteiger partial charge in [0, 0.05) is 24.3 Å². The van der Waals surface area contributed by atoms with Gasteiger partial charge in [-0.05, 0) is 42.8 Å². The number of alkyl halides is 3. The van der Waals surface area contributed by atoms with Gasteiger partial charge in [0.05, 0.1) is 11.5 Å². The fourth-order valence-corrected chi connectivity index (χ4v) is 2.97. The lowest BCUT2D eigenvalue weighted by atomic mass is 10.1. The average Bonchev–Trinajstić information content (AvgIpc) is 2.97. The molecule has 0 radical (unpaired) electrons. The van der Waals surface area contributed by atoms with Gasteiger partial charge in [0.25, 0.3) is 0 Å². The van der Waals surface area contributed by atoms with Crippen molar-refractivity contribution in [2.75, 3.05) is 16.8 Å². The number of amides is 2. The minimum absolute atomic E-state index is 0.0702. The van der Waals surface area contributed by atoms with Gasteiger partial charge in [-0.3, -0.25) is 9.59 Å². The fourth-order valence-electron chi connectivity index (χ4n) is 2.97. The Labute approximate surface area is 148 Å². The Hall–Kier alpha value is -2.83. The van der Waals surface area contributed by atoms with E-state index >= 15 is 0 Å². The molecule has 0 aromatic heterocycles. The maximum Gasteiger partial charge on any atom is 0.416 e. The number of rotatable bonds is 3. The van der Waals surface area contributed by atoms with Crippen LogP contribution in [0.25, 0.3) is 0 Å². The average molecular weight is 362 g/mol. The van der Waals surface area contributed by atoms with Gasteiger partial charge in [-0.25, -0.2) is 0 Å². The smallest absolute Gasteiger partial charge is 0.326 e. The van der Waals surface area contributed by atoms with Gasteiger partial charge in [-0.15, -0.1) is 0 Å². The largest absolute Gasteiger partial charge is 0.416 e. The van der Waals surface area contributed by atoms with Crippen LogP contribution < -0.4 is 10.2 Å². The zero-order valence-corrected chi connectivity index (χ0v) is 14.0. The van der Waals surface area contributed by atoms with Crippen LogP contribution in [-0.4, -0.2) is 18.4 Å². The van der Waals surface area contributed by atoms with Crippen LogP contribution in [0.15, 0.2) is 48.5 Å². The van der Waals surface area contributed by atoms with Crippen molar-refractivity contribution in [3.63, 3.8) is 0 Å². The van der Waals surface area contributed by atoms with E-state index in [0.29, 0.717) is 0 Å². The number of halogens is 3. The number of nitrogens with one attached hydrogen (secondary N) is 1. The van der Waals surface area contributed by atoms with E-state index in [1.54, 1.807) is 4.90 Å². The Morgan fingerprint density at radius 1 is 1.12 bits per heavy atom. The maximum absolute atomic E-state index is 12.6. The lowest BCUT2D eigenvalue weighted by Gasteiger charge is -2.19. The van der Waals surface area contributed by atoms with Gasteiger partial charge in [0.2, 0.25) is 11.8 Å². The Morgan fingerprint density at radius 2 is 1.77 bits per heavy atom. The molecule has 1 atom stereocenters. The van der Waals surface area contributed by atoms with Gasteiger partial charge in [0.1, 0.15) is 0 Å². The van der Waals surface area contributed by atoms with Crippen molar-refractivity contribution < 1.29 is 22.8 Å². The number of benzene rings is 2. The molecule has 26 heavy (non-hydrogen) atoms. The number of aryl methyl sites for hydroxylation is 1. The van der Waals surface area contributed by atoms with Crippen molar-refractivity contribution in [2.45, 2.75) is 19.5 Å². The van der Waals surface area contributed by atoms with E-state index in [4.69, 9.17) is 0 Å². The summed E-state index contributed by atoms with van der Waals surface area (Å²) in [5.74, 6) is -1.08. The second kappa shape index (κ2) is 6.82. The highest BCUT2D eigenvalue weighted by atomic mass is 19.4. The summed E-state index contributed by atoms with van der Waals surface area (Å²) in [5.41, 5.74) is 1.19. The van der Waals surface area contributed by atoms with Crippen molar-refractivity contribution >= 4 is 23.2 Å². The summed E-state index contributed by atoms with van der Waals surface area (Å²) in [4.78, 5) is 26.2. The SMILES string of the molecule is Cc1ccccc1N1CC(C(=O)Nc2ccc(C(F)(F)F)cc2)CC1=O. The molecule has 1 saturated heterocycles. The number of para-hydroxylation sites is 1. The number of hydrogen-bond donors (Lipinski definition) is 1. The molecule has 3 rings (SSSR count). The summed E-state index contributed by atoms with van der Waals surface area (Å²) in [5, 5.41) is 2.58. The third-order valence-corrected chi connectivity index (χ3v) is 4.38. The molecule has 2 amide bonds. The second-order valence-corrected chi connectivity index (χ2v) is 6.26. The lowest BCUT2D eigenvalue weighted by Crippen LogP contribution is -2.28. The molecular formula is C19H17F3N2O2. The van der Waals surface area contributed by atoms with Crippen LogP contribution in [0, 0.1) is 12.8 Å². The van der Waals surface area contributed by atoms with Crippen molar-refractivity contribution in [2.24, 2.45) is 5.92 Å². The first-order chi connectivity index (χ1) is 12.3. The van der Waals surface area contributed by atoms with Gasteiger partial charge in [-0.2, -0.15) is 13.2 Å². The molecule has 2 aromatic rings. The van der Waals surface area contributed by atoms with Crippen molar-refractivity contribution in [1.82, 2.24) is 0 Å². The van der Waals surface area contributed by atoms with E-state index in [1.807, 2.05) is 31.2 Å². The monoisotopic (exact) mass is 362 g/mol. The minimum Gasteiger partial charge on any atom is -0.326 e. The van der Waals surface area contributed by atoms with Crippen LogP contribution in [-0.2, 0) is 15.8 Å². The van der Waals surface area contributed by atoms with Gasteiger partial charge in [0.15, 0.2) is 0 Å². The third-order valence-electron chi connectivity index (χ3n) is 4.38. The second-order valence-electron chi connectivity index (χ2n) is 6.26. The summed E-state index contributed by atoms with van der Waals surface area (Å²) in [6.45, 7) is 2.13. The van der Waals surface area contributed by atoms with E-state index in [2.05, 4.69) is 5.32 Å². The Morgan fingerprint density at radius 3 is 2.38 bits per heavy atom. The van der Waals surface area contributed by atoms with Gasteiger partial charge in [-0.1, -0.05) is 18.2 Å². The van der Waals surface area contributed by atoms with E-state index in [-0.39, 0.29) is 30.5 Å². The van der Waals surface area contributed by atoms with Gasteiger partial charge < -0.3 is 10.2 Å². The van der Waals surface area contributed by atoms with Crippen LogP contribution >= 0.6 is 0 Å². The third kappa shape index (κ3) is 3.71. The first kappa shape index (κ1) is 18.0. The highest BCUT2D eigenvalue weighted by Crippen LogP contribution is 2.31. The fraction of sp³-hybridized carbons (Fsp3) is 0.263. The van der Waals surface area contributed by atoms with Crippen LogP contribution in [0.1, 0.15) is 17.5 Å². The predicted molar refractivity (Wildman–Crippen MR) is 91.7 cm³/mol. The summed E-state index contributed by atoms with van der Waals surface area (Å²) in [6.07, 6.45) is -4.35. The van der Waals surface area contributed by atoms with Crippen molar-refractivity contribution in [1.29, 1.82) is 0 Å². The minimum atomic E-state index is -4.42. The highest BCUT2D eigenvalue weighted by Gasteiger charge is 2.36. The molecule has 136 valence electrons. The van der Waals surface area contributed by atoms with Crippen molar-refractivity contribution in [3.8, 4) is 0 Å². The molecule has 2 aromatic carbocycles. The normalized spacial score (nSPS) is 17.5. The highest BCUT2D eigenvalue weighted by molar-refractivity contribution is 6.03. The summed E-state index contributed by atoms with van der Waals surface area (Å²) >= 11 is 0. The molecule has 1 fully saturated rings. The molecular weight excluding hydrogens is 345 g/mol. The topological polar surface area (TPSA) is 49.4 Å². The number of anilines is 2. The molecule has 4 nitrogen and oxygen atoms in total. The molecule has 1 unspecified atom stereocenters. The molecule has 1 N–H and O–H groups in total. The quantitative estimate of drug-likeness (QED) is 0.897. The standard InChI is InChI=1S/C19H17F3N2O2/c1-12-4-2-3-5-16(12)24-11-13(10-17(24)25)18(26)23-15-8-6-14(7-9-15)19(20,21)22/h2-9,13H,10-11H2,1H3,(H,23,26).